The zero-order valence-electron chi connectivity index (χ0n) is 7.75. The summed E-state index contributed by atoms with van der Waals surface area (Å²) in [6, 6.07) is 6.37. The number of ether oxygens (including phenoxy) is 2. The highest BCUT2D eigenvalue weighted by Gasteiger charge is 2.10. The van der Waals surface area contributed by atoms with Gasteiger partial charge in [-0.2, -0.15) is 0 Å². The van der Waals surface area contributed by atoms with Gasteiger partial charge in [0.15, 0.2) is 11.5 Å². The first-order valence-corrected chi connectivity index (χ1v) is 5.09. The van der Waals surface area contributed by atoms with E-state index >= 15 is 0 Å². The van der Waals surface area contributed by atoms with Crippen LogP contribution in [0.2, 0.25) is 0 Å². The van der Waals surface area contributed by atoms with E-state index in [9.17, 15) is 0 Å². The van der Waals surface area contributed by atoms with Crippen molar-refractivity contribution in [2.45, 2.75) is 6.54 Å². The summed E-state index contributed by atoms with van der Waals surface area (Å²) in [7, 11) is 0. The molecule has 14 heavy (non-hydrogen) atoms. The Hall–Kier alpha value is -0.930. The molecule has 3 nitrogen and oxygen atoms in total. The van der Waals surface area contributed by atoms with E-state index in [1.54, 1.807) is 0 Å². The first-order valence-electron chi connectivity index (χ1n) is 4.55. The smallest absolute Gasteiger partial charge is 0.161 e. The van der Waals surface area contributed by atoms with Crippen molar-refractivity contribution in [2.24, 2.45) is 0 Å². The van der Waals surface area contributed by atoms with Crippen LogP contribution in [0.25, 0.3) is 0 Å². The second kappa shape index (κ2) is 4.53. The Balaban J connectivity index is 2.12. The Kier molecular flexibility index (Phi) is 3.11. The summed E-state index contributed by atoms with van der Waals surface area (Å²) in [4.78, 5) is 0. The number of alkyl halides is 1. The summed E-state index contributed by atoms with van der Waals surface area (Å²) >= 11 is 5.53. The molecule has 1 aliphatic rings. The molecule has 0 amide bonds. The van der Waals surface area contributed by atoms with Gasteiger partial charge >= 0.3 is 0 Å². The summed E-state index contributed by atoms with van der Waals surface area (Å²) in [5.74, 6) is 1.65. The van der Waals surface area contributed by atoms with Crippen molar-refractivity contribution in [3.63, 3.8) is 0 Å². The lowest BCUT2D eigenvalue weighted by molar-refractivity contribution is 0.171. The number of hydrogen-bond acceptors (Lipinski definition) is 3. The molecule has 2 rings (SSSR count). The van der Waals surface area contributed by atoms with Crippen LogP contribution in [0, 0.1) is 0 Å². The molecule has 0 saturated heterocycles. The van der Waals surface area contributed by atoms with Gasteiger partial charge in [-0.05, 0) is 17.7 Å². The molecule has 76 valence electrons. The second-order valence-corrected chi connectivity index (χ2v) is 3.31. The van der Waals surface area contributed by atoms with Crippen LogP contribution >= 0.6 is 11.6 Å². The van der Waals surface area contributed by atoms with Crippen LogP contribution in [0.1, 0.15) is 5.56 Å². The molecule has 0 atom stereocenters. The minimum absolute atomic E-state index is 0.453. The van der Waals surface area contributed by atoms with Crippen LogP contribution in [0.4, 0.5) is 0 Å². The summed E-state index contributed by atoms with van der Waals surface area (Å²) in [6.07, 6.45) is 0. The van der Waals surface area contributed by atoms with Gasteiger partial charge in [0.2, 0.25) is 0 Å². The van der Waals surface area contributed by atoms with Crippen molar-refractivity contribution >= 4 is 11.6 Å². The molecule has 1 heterocycles. The fourth-order valence-electron chi connectivity index (χ4n) is 1.39. The summed E-state index contributed by atoms with van der Waals surface area (Å²) in [5, 5.41) is 3.04. The van der Waals surface area contributed by atoms with Crippen molar-refractivity contribution < 1.29 is 9.47 Å². The number of halogens is 1. The number of fused-ring (bicyclic) bond motifs is 1. The fourth-order valence-corrected chi connectivity index (χ4v) is 1.48. The molecule has 0 aliphatic carbocycles. The Labute approximate surface area is 88.0 Å². The highest BCUT2D eigenvalue weighted by Crippen LogP contribution is 2.30. The largest absolute Gasteiger partial charge is 0.486 e. The van der Waals surface area contributed by atoms with Gasteiger partial charge < -0.3 is 9.47 Å². The first-order chi connectivity index (χ1) is 6.90. The fraction of sp³-hybridized carbons (Fsp3) is 0.400. The van der Waals surface area contributed by atoms with E-state index in [1.165, 1.54) is 0 Å². The average Bonchev–Trinajstić information content (AvgIpc) is 2.26. The lowest BCUT2D eigenvalue weighted by atomic mass is 10.2. The molecule has 0 saturated carbocycles. The topological polar surface area (TPSA) is 30.5 Å². The Morgan fingerprint density at radius 3 is 2.79 bits per heavy atom. The van der Waals surface area contributed by atoms with Gasteiger partial charge in [-0.25, -0.2) is 0 Å². The third kappa shape index (κ3) is 2.11. The van der Waals surface area contributed by atoms with E-state index in [1.807, 2.05) is 18.2 Å². The molecule has 4 heteroatoms. The van der Waals surface area contributed by atoms with Crippen LogP contribution < -0.4 is 14.8 Å². The maximum absolute atomic E-state index is 5.53. The van der Waals surface area contributed by atoms with E-state index in [4.69, 9.17) is 21.1 Å². The van der Waals surface area contributed by atoms with Gasteiger partial charge in [0.1, 0.15) is 13.2 Å². The number of nitrogens with one attached hydrogen (secondary N) is 1. The zero-order valence-corrected chi connectivity index (χ0v) is 8.51. The highest BCUT2D eigenvalue weighted by atomic mass is 35.5. The first kappa shape index (κ1) is 9.62. The van der Waals surface area contributed by atoms with Gasteiger partial charge in [0.05, 0.1) is 6.00 Å². The monoisotopic (exact) mass is 213 g/mol. The Morgan fingerprint density at radius 1 is 1.21 bits per heavy atom. The van der Waals surface area contributed by atoms with Crippen molar-refractivity contribution in [1.82, 2.24) is 5.32 Å². The van der Waals surface area contributed by atoms with Crippen molar-refractivity contribution in [3.05, 3.63) is 23.8 Å². The van der Waals surface area contributed by atoms with E-state index in [0.717, 1.165) is 23.6 Å². The standard InChI is InChI=1S/C10H12ClNO2/c11-7-12-6-8-1-2-9-10(5-8)14-4-3-13-9/h1-2,5,12H,3-4,6-7H2. The normalized spacial score (nSPS) is 14.1. The quantitative estimate of drug-likeness (QED) is 0.613. The predicted octanol–water partition coefficient (Wildman–Crippen LogP) is 1.74. The van der Waals surface area contributed by atoms with Crippen molar-refractivity contribution in [2.75, 3.05) is 19.2 Å². The van der Waals surface area contributed by atoms with E-state index < -0.39 is 0 Å². The predicted molar refractivity (Wildman–Crippen MR) is 55.0 cm³/mol. The van der Waals surface area contributed by atoms with Gasteiger partial charge in [0, 0.05) is 6.54 Å². The summed E-state index contributed by atoms with van der Waals surface area (Å²) < 4.78 is 10.9. The summed E-state index contributed by atoms with van der Waals surface area (Å²) in [5.41, 5.74) is 1.15. The Morgan fingerprint density at radius 2 is 2.00 bits per heavy atom. The van der Waals surface area contributed by atoms with Crippen LogP contribution in [0.15, 0.2) is 18.2 Å². The van der Waals surface area contributed by atoms with Crippen LogP contribution in [-0.4, -0.2) is 19.2 Å². The van der Waals surface area contributed by atoms with Gasteiger partial charge in [-0.1, -0.05) is 6.07 Å². The van der Waals surface area contributed by atoms with Crippen LogP contribution in [-0.2, 0) is 6.54 Å². The maximum Gasteiger partial charge on any atom is 0.161 e. The van der Waals surface area contributed by atoms with Gasteiger partial charge in [-0.15, -0.1) is 11.6 Å². The molecular weight excluding hydrogens is 202 g/mol. The van der Waals surface area contributed by atoms with Crippen LogP contribution in [0.3, 0.4) is 0 Å². The molecule has 1 N–H and O–H groups in total. The number of rotatable bonds is 3. The Bertz CT molecular complexity index is 317. The van der Waals surface area contributed by atoms with E-state index in [-0.39, 0.29) is 0 Å². The van der Waals surface area contributed by atoms with Crippen molar-refractivity contribution in [3.8, 4) is 11.5 Å². The SMILES string of the molecule is ClCNCc1ccc2c(c1)OCCO2. The van der Waals surface area contributed by atoms with Gasteiger partial charge in [0.25, 0.3) is 0 Å². The average molecular weight is 214 g/mol. The number of hydrogen-bond donors (Lipinski definition) is 1. The minimum Gasteiger partial charge on any atom is -0.486 e. The molecule has 0 unspecified atom stereocenters. The van der Waals surface area contributed by atoms with E-state index in [2.05, 4.69) is 5.32 Å². The molecule has 1 aromatic carbocycles. The molecule has 1 aliphatic heterocycles. The van der Waals surface area contributed by atoms with E-state index in [0.29, 0.717) is 19.2 Å². The second-order valence-electron chi connectivity index (χ2n) is 3.04. The third-order valence-corrected chi connectivity index (χ3v) is 2.22. The molecule has 0 bridgehead atoms. The molecule has 0 fully saturated rings. The molecule has 0 aromatic heterocycles. The highest BCUT2D eigenvalue weighted by molar-refractivity contribution is 6.17. The lowest BCUT2D eigenvalue weighted by Crippen LogP contribution is -2.16. The van der Waals surface area contributed by atoms with Crippen LogP contribution in [0.5, 0.6) is 11.5 Å². The van der Waals surface area contributed by atoms with Crippen molar-refractivity contribution in [1.29, 1.82) is 0 Å². The zero-order chi connectivity index (χ0) is 9.80. The molecule has 0 spiro atoms. The minimum atomic E-state index is 0.453. The third-order valence-electron chi connectivity index (χ3n) is 2.03. The lowest BCUT2D eigenvalue weighted by Gasteiger charge is -2.18. The molecule has 1 aromatic rings. The summed E-state index contributed by atoms with van der Waals surface area (Å²) in [6.45, 7) is 2.01. The maximum atomic E-state index is 5.53. The molecular formula is C10H12ClNO2. The molecule has 0 radical (unpaired) electrons. The number of benzene rings is 1. The van der Waals surface area contributed by atoms with Gasteiger partial charge in [-0.3, -0.25) is 5.32 Å².